The minimum absolute atomic E-state index is 0.0981. The molecular weight excluding hydrogens is 188 g/mol. The molecule has 5 nitrogen and oxygen atoms in total. The SMILES string of the molecule is COC(=O)C(=O)OCC1(C)CCCO1. The van der Waals surface area contributed by atoms with Crippen LogP contribution in [0.15, 0.2) is 0 Å². The van der Waals surface area contributed by atoms with E-state index in [1.807, 2.05) is 6.92 Å². The Morgan fingerprint density at radius 3 is 2.64 bits per heavy atom. The quantitative estimate of drug-likeness (QED) is 0.475. The summed E-state index contributed by atoms with van der Waals surface area (Å²) in [5.41, 5.74) is -0.441. The fourth-order valence-corrected chi connectivity index (χ4v) is 1.31. The van der Waals surface area contributed by atoms with E-state index in [0.717, 1.165) is 20.0 Å². The number of esters is 2. The van der Waals surface area contributed by atoms with Crippen molar-refractivity contribution < 1.29 is 23.8 Å². The van der Waals surface area contributed by atoms with Crippen LogP contribution in [-0.2, 0) is 23.8 Å². The Hall–Kier alpha value is -1.10. The zero-order valence-corrected chi connectivity index (χ0v) is 8.37. The normalized spacial score (nSPS) is 25.9. The summed E-state index contributed by atoms with van der Waals surface area (Å²) < 4.78 is 14.3. The van der Waals surface area contributed by atoms with Gasteiger partial charge >= 0.3 is 11.9 Å². The van der Waals surface area contributed by atoms with E-state index in [1.165, 1.54) is 0 Å². The molecule has 1 rings (SSSR count). The van der Waals surface area contributed by atoms with E-state index < -0.39 is 17.5 Å². The van der Waals surface area contributed by atoms with Crippen LogP contribution in [0.25, 0.3) is 0 Å². The highest BCUT2D eigenvalue weighted by Crippen LogP contribution is 2.24. The Balaban J connectivity index is 2.32. The number of ether oxygens (including phenoxy) is 3. The van der Waals surface area contributed by atoms with Crippen LogP contribution in [0.3, 0.4) is 0 Å². The molecular formula is C9H14O5. The summed E-state index contributed by atoms with van der Waals surface area (Å²) in [6, 6.07) is 0. The summed E-state index contributed by atoms with van der Waals surface area (Å²) in [4.78, 5) is 21.6. The lowest BCUT2D eigenvalue weighted by atomic mass is 10.1. The maximum Gasteiger partial charge on any atom is 0.417 e. The second-order valence-electron chi connectivity index (χ2n) is 3.47. The van der Waals surface area contributed by atoms with E-state index in [2.05, 4.69) is 4.74 Å². The number of hydrogen-bond donors (Lipinski definition) is 0. The number of carbonyl (C=O) groups excluding carboxylic acids is 2. The van der Waals surface area contributed by atoms with E-state index in [9.17, 15) is 9.59 Å². The van der Waals surface area contributed by atoms with E-state index in [0.29, 0.717) is 6.61 Å². The minimum atomic E-state index is -0.980. The van der Waals surface area contributed by atoms with Gasteiger partial charge in [-0.25, -0.2) is 9.59 Å². The summed E-state index contributed by atoms with van der Waals surface area (Å²) in [7, 11) is 1.14. The van der Waals surface area contributed by atoms with Gasteiger partial charge in [-0.2, -0.15) is 0 Å². The van der Waals surface area contributed by atoms with Crippen molar-refractivity contribution in [3.8, 4) is 0 Å². The second-order valence-corrected chi connectivity index (χ2v) is 3.47. The van der Waals surface area contributed by atoms with E-state index >= 15 is 0 Å². The molecule has 0 amide bonds. The summed E-state index contributed by atoms with van der Waals surface area (Å²) in [6.07, 6.45) is 1.79. The largest absolute Gasteiger partial charge is 0.461 e. The van der Waals surface area contributed by atoms with Crippen LogP contribution >= 0.6 is 0 Å². The molecule has 80 valence electrons. The van der Waals surface area contributed by atoms with Crippen LogP contribution in [0.5, 0.6) is 0 Å². The van der Waals surface area contributed by atoms with Crippen LogP contribution in [0, 0.1) is 0 Å². The van der Waals surface area contributed by atoms with Crippen LogP contribution in [0.1, 0.15) is 19.8 Å². The fraction of sp³-hybridized carbons (Fsp3) is 0.778. The molecule has 1 atom stereocenters. The maximum absolute atomic E-state index is 10.9. The number of methoxy groups -OCH3 is 1. The lowest BCUT2D eigenvalue weighted by Gasteiger charge is -2.21. The molecule has 0 spiro atoms. The molecule has 5 heteroatoms. The highest BCUT2D eigenvalue weighted by atomic mass is 16.6. The number of hydrogen-bond acceptors (Lipinski definition) is 5. The molecule has 0 aromatic carbocycles. The van der Waals surface area contributed by atoms with Crippen molar-refractivity contribution in [2.24, 2.45) is 0 Å². The highest BCUT2D eigenvalue weighted by molar-refractivity contribution is 6.29. The molecule has 14 heavy (non-hydrogen) atoms. The standard InChI is InChI=1S/C9H14O5/c1-9(4-3-5-14-9)6-13-8(11)7(10)12-2/h3-6H2,1-2H3. The molecule has 0 saturated carbocycles. The minimum Gasteiger partial charge on any atom is -0.461 e. The molecule has 1 heterocycles. The molecule has 0 N–H and O–H groups in total. The first-order valence-electron chi connectivity index (χ1n) is 4.46. The molecule has 1 unspecified atom stereocenters. The summed E-state index contributed by atoms with van der Waals surface area (Å²) in [5, 5.41) is 0. The molecule has 0 bridgehead atoms. The van der Waals surface area contributed by atoms with E-state index in [4.69, 9.17) is 9.47 Å². The van der Waals surface area contributed by atoms with Gasteiger partial charge in [-0.15, -0.1) is 0 Å². The van der Waals surface area contributed by atoms with Crippen molar-refractivity contribution in [3.63, 3.8) is 0 Å². The maximum atomic E-state index is 10.9. The molecule has 1 aliphatic rings. The van der Waals surface area contributed by atoms with Crippen molar-refractivity contribution in [2.45, 2.75) is 25.4 Å². The lowest BCUT2D eigenvalue weighted by molar-refractivity contribution is -0.170. The summed E-state index contributed by atoms with van der Waals surface area (Å²) in [6.45, 7) is 2.62. The highest BCUT2D eigenvalue weighted by Gasteiger charge is 2.32. The number of rotatable bonds is 2. The van der Waals surface area contributed by atoms with Crippen molar-refractivity contribution in [1.29, 1.82) is 0 Å². The van der Waals surface area contributed by atoms with Gasteiger partial charge in [0, 0.05) is 6.61 Å². The smallest absolute Gasteiger partial charge is 0.417 e. The average Bonchev–Trinajstić information content (AvgIpc) is 2.61. The van der Waals surface area contributed by atoms with Gasteiger partial charge in [0.1, 0.15) is 6.61 Å². The monoisotopic (exact) mass is 202 g/mol. The Kier molecular flexibility index (Phi) is 3.46. The van der Waals surface area contributed by atoms with Gasteiger partial charge < -0.3 is 14.2 Å². The second kappa shape index (κ2) is 4.41. The van der Waals surface area contributed by atoms with Gasteiger partial charge in [-0.1, -0.05) is 0 Å². The van der Waals surface area contributed by atoms with Crippen molar-refractivity contribution in [3.05, 3.63) is 0 Å². The van der Waals surface area contributed by atoms with E-state index in [-0.39, 0.29) is 6.61 Å². The third kappa shape index (κ3) is 2.70. The van der Waals surface area contributed by atoms with Gasteiger partial charge in [0.2, 0.25) is 0 Å². The molecule has 1 fully saturated rings. The first-order chi connectivity index (χ1) is 6.57. The zero-order chi connectivity index (χ0) is 10.6. The van der Waals surface area contributed by atoms with Crippen LogP contribution in [0.4, 0.5) is 0 Å². The van der Waals surface area contributed by atoms with E-state index in [1.54, 1.807) is 0 Å². The van der Waals surface area contributed by atoms with Crippen LogP contribution in [0.2, 0.25) is 0 Å². The Morgan fingerprint density at radius 1 is 1.43 bits per heavy atom. The van der Waals surface area contributed by atoms with Gasteiger partial charge in [-0.3, -0.25) is 0 Å². The van der Waals surface area contributed by atoms with Crippen LogP contribution in [-0.4, -0.2) is 37.9 Å². The Labute approximate surface area is 82.3 Å². The van der Waals surface area contributed by atoms with Crippen molar-refractivity contribution in [2.75, 3.05) is 20.3 Å². The van der Waals surface area contributed by atoms with Gasteiger partial charge in [0.25, 0.3) is 0 Å². The predicted octanol–water partition coefficient (Wildman–Crippen LogP) is 0.272. The summed E-state index contributed by atoms with van der Waals surface area (Å²) >= 11 is 0. The Bertz CT molecular complexity index is 229. The van der Waals surface area contributed by atoms with Crippen molar-refractivity contribution >= 4 is 11.9 Å². The van der Waals surface area contributed by atoms with Crippen molar-refractivity contribution in [1.82, 2.24) is 0 Å². The zero-order valence-electron chi connectivity index (χ0n) is 8.37. The van der Waals surface area contributed by atoms with Gasteiger partial charge in [0.15, 0.2) is 0 Å². The summed E-state index contributed by atoms with van der Waals surface area (Å²) in [5.74, 6) is -1.95. The first kappa shape index (κ1) is 11.0. The molecule has 1 aliphatic heterocycles. The lowest BCUT2D eigenvalue weighted by Crippen LogP contribution is -2.33. The molecule has 0 radical (unpaired) electrons. The Morgan fingerprint density at radius 2 is 2.14 bits per heavy atom. The molecule has 0 aromatic rings. The van der Waals surface area contributed by atoms with Crippen LogP contribution < -0.4 is 0 Å². The topological polar surface area (TPSA) is 61.8 Å². The van der Waals surface area contributed by atoms with Gasteiger partial charge in [-0.05, 0) is 19.8 Å². The number of carbonyl (C=O) groups is 2. The predicted molar refractivity (Wildman–Crippen MR) is 46.6 cm³/mol. The average molecular weight is 202 g/mol. The van der Waals surface area contributed by atoms with Gasteiger partial charge in [0.05, 0.1) is 12.7 Å². The molecule has 0 aromatic heterocycles. The fourth-order valence-electron chi connectivity index (χ4n) is 1.31. The molecule has 1 saturated heterocycles. The third-order valence-corrected chi connectivity index (χ3v) is 2.16. The first-order valence-corrected chi connectivity index (χ1v) is 4.46. The molecule has 0 aliphatic carbocycles. The third-order valence-electron chi connectivity index (χ3n) is 2.16.